The highest BCUT2D eigenvalue weighted by molar-refractivity contribution is 6.99. The Morgan fingerprint density at radius 1 is 0.961 bits per heavy atom. The van der Waals surface area contributed by atoms with Crippen LogP contribution in [0.25, 0.3) is 11.0 Å². The van der Waals surface area contributed by atoms with Gasteiger partial charge in [0.15, 0.2) is 5.82 Å². The molecule has 0 aliphatic rings. The summed E-state index contributed by atoms with van der Waals surface area (Å²) in [7, 11) is 0.181. The number of nitrogens with one attached hydrogen (secondary N) is 2. The Morgan fingerprint density at radius 2 is 1.63 bits per heavy atom. The minimum Gasteiger partial charge on any atom is -0.496 e. The first-order valence-electron chi connectivity index (χ1n) is 17.4. The summed E-state index contributed by atoms with van der Waals surface area (Å²) in [6.07, 6.45) is 1.85. The van der Waals surface area contributed by atoms with Gasteiger partial charge in [-0.25, -0.2) is 9.78 Å². The molecule has 0 spiro atoms. The third-order valence-corrected chi connectivity index (χ3v) is 14.2. The third-order valence-electron chi connectivity index (χ3n) is 9.19. The van der Waals surface area contributed by atoms with Gasteiger partial charge in [0.2, 0.25) is 5.95 Å². The van der Waals surface area contributed by atoms with Gasteiger partial charge in [-0.15, -0.1) is 0 Å². The molecule has 0 fully saturated rings. The number of ether oxygens (including phenoxy) is 2. The Morgan fingerprint density at radius 3 is 2.20 bits per heavy atom. The predicted octanol–water partition coefficient (Wildman–Crippen LogP) is 6.41. The number of fused-ring (bicyclic) bond motifs is 1. The number of nitrogens with zero attached hydrogens (tertiary/aromatic N) is 4. The second-order valence-corrected chi connectivity index (χ2v) is 18.0. The number of hydrogen-bond acceptors (Lipinski definition) is 9. The molecule has 3 aromatic carbocycles. The van der Waals surface area contributed by atoms with Crippen LogP contribution in [-0.4, -0.2) is 66.1 Å². The molecule has 2 aromatic heterocycles. The number of carbonyl (C=O) groups is 1. The molecular formula is C39H50N6O5Si. The van der Waals surface area contributed by atoms with Gasteiger partial charge in [0.1, 0.15) is 16.8 Å². The quantitative estimate of drug-likeness (QED) is 0.106. The van der Waals surface area contributed by atoms with Gasteiger partial charge in [-0.1, -0.05) is 107 Å². The summed E-state index contributed by atoms with van der Waals surface area (Å²) in [4.78, 5) is 21.7. The normalized spacial score (nSPS) is 12.5. The van der Waals surface area contributed by atoms with Crippen LogP contribution >= 0.6 is 0 Å². The Bertz CT molecular complexity index is 1870. The first kappa shape index (κ1) is 37.5. The van der Waals surface area contributed by atoms with E-state index < -0.39 is 14.4 Å². The van der Waals surface area contributed by atoms with Crippen LogP contribution in [0.15, 0.2) is 78.9 Å². The van der Waals surface area contributed by atoms with E-state index in [-0.39, 0.29) is 23.6 Å². The van der Waals surface area contributed by atoms with E-state index in [0.717, 1.165) is 24.0 Å². The molecule has 12 heteroatoms. The van der Waals surface area contributed by atoms with Crippen LogP contribution in [0.3, 0.4) is 0 Å². The second-order valence-electron chi connectivity index (χ2n) is 13.7. The standard InChI is InChI=1S/C39H50N6O5Si/c1-8-15-30(22-23-50-51(39(3,4)5,31-16-11-9-12-17-31)32-18-13-10-14-19-32)40-36-35-34(41-37(42-36)43-38(47)49-7)27(2)44-45(35)25-29-21-20-28(26-46)24-33(29)48-6/h9-14,16-21,24,30,46H,8,15,22-23,25-26H2,1-7H3,(H2,40,41,42,43,47)/t30-/m0/s1. The molecule has 5 rings (SSSR count). The van der Waals surface area contributed by atoms with Gasteiger partial charge in [0.05, 0.1) is 33.1 Å². The molecule has 0 saturated carbocycles. The van der Waals surface area contributed by atoms with E-state index >= 15 is 0 Å². The summed E-state index contributed by atoms with van der Waals surface area (Å²) in [5.41, 5.74) is 3.61. The number of aliphatic hydroxyl groups excluding tert-OH is 1. The number of aryl methyl sites for hydroxylation is 1. The molecule has 51 heavy (non-hydrogen) atoms. The van der Waals surface area contributed by atoms with E-state index in [1.165, 1.54) is 17.5 Å². The fourth-order valence-electron chi connectivity index (χ4n) is 6.77. The molecule has 270 valence electrons. The number of carbonyl (C=O) groups excluding carboxylic acids is 1. The van der Waals surface area contributed by atoms with Gasteiger partial charge in [0, 0.05) is 18.2 Å². The van der Waals surface area contributed by atoms with Crippen LogP contribution in [0.1, 0.15) is 63.8 Å². The highest BCUT2D eigenvalue weighted by Crippen LogP contribution is 2.37. The number of aliphatic hydroxyl groups is 1. The lowest BCUT2D eigenvalue weighted by molar-refractivity contribution is 0.186. The summed E-state index contributed by atoms with van der Waals surface area (Å²) in [5, 5.41) is 23.2. The lowest BCUT2D eigenvalue weighted by Crippen LogP contribution is -2.66. The molecular weight excluding hydrogens is 661 g/mol. The van der Waals surface area contributed by atoms with Gasteiger partial charge < -0.3 is 24.3 Å². The fraction of sp³-hybridized carbons (Fsp3) is 0.385. The average molecular weight is 711 g/mol. The summed E-state index contributed by atoms with van der Waals surface area (Å²) >= 11 is 0. The number of hydrogen-bond donors (Lipinski definition) is 3. The van der Waals surface area contributed by atoms with Crippen molar-refractivity contribution >= 4 is 47.6 Å². The van der Waals surface area contributed by atoms with Crippen molar-refractivity contribution in [1.29, 1.82) is 0 Å². The first-order chi connectivity index (χ1) is 24.5. The molecule has 0 aliphatic carbocycles. The van der Waals surface area contributed by atoms with E-state index in [1.54, 1.807) is 7.11 Å². The van der Waals surface area contributed by atoms with E-state index in [0.29, 0.717) is 47.9 Å². The van der Waals surface area contributed by atoms with Crippen LogP contribution in [0.5, 0.6) is 5.75 Å². The SMILES string of the molecule is CCC[C@@H](CCO[Si](c1ccccc1)(c1ccccc1)C(C)(C)C)Nc1nc(NC(=O)OC)nc2c(C)nn(Cc3ccc(CO)cc3OC)c12. The van der Waals surface area contributed by atoms with Gasteiger partial charge in [-0.2, -0.15) is 10.1 Å². The Labute approximate surface area is 301 Å². The monoisotopic (exact) mass is 710 g/mol. The summed E-state index contributed by atoms with van der Waals surface area (Å²) < 4.78 is 19.6. The van der Waals surface area contributed by atoms with Crippen LogP contribution in [-0.2, 0) is 22.3 Å². The predicted molar refractivity (Wildman–Crippen MR) is 205 cm³/mol. The first-order valence-corrected chi connectivity index (χ1v) is 19.3. The topological polar surface area (TPSA) is 133 Å². The molecule has 1 atom stereocenters. The van der Waals surface area contributed by atoms with Crippen LogP contribution in [0.4, 0.5) is 16.6 Å². The maximum absolute atomic E-state index is 12.3. The molecule has 3 N–H and O–H groups in total. The second kappa shape index (κ2) is 16.5. The maximum atomic E-state index is 12.3. The number of aromatic nitrogens is 4. The van der Waals surface area contributed by atoms with Crippen molar-refractivity contribution in [3.8, 4) is 5.75 Å². The van der Waals surface area contributed by atoms with E-state index in [1.807, 2.05) is 29.8 Å². The van der Waals surface area contributed by atoms with Crippen molar-refractivity contribution in [2.75, 3.05) is 31.5 Å². The Kier molecular flexibility index (Phi) is 12.1. The molecule has 0 aliphatic heterocycles. The molecule has 11 nitrogen and oxygen atoms in total. The molecule has 0 saturated heterocycles. The lowest BCUT2D eigenvalue weighted by Gasteiger charge is -2.43. The number of anilines is 2. The number of rotatable bonds is 15. The molecule has 0 bridgehead atoms. The van der Waals surface area contributed by atoms with Crippen LogP contribution in [0.2, 0.25) is 5.04 Å². The third kappa shape index (κ3) is 8.24. The lowest BCUT2D eigenvalue weighted by atomic mass is 10.1. The van der Waals surface area contributed by atoms with Crippen molar-refractivity contribution in [2.45, 2.75) is 78.1 Å². The summed E-state index contributed by atoms with van der Waals surface area (Å²) in [6, 6.07) is 26.9. The average Bonchev–Trinajstić information content (AvgIpc) is 3.44. The smallest absolute Gasteiger partial charge is 0.413 e. The molecule has 5 aromatic rings. The van der Waals surface area contributed by atoms with Crippen molar-refractivity contribution in [2.24, 2.45) is 0 Å². The van der Waals surface area contributed by atoms with Crippen molar-refractivity contribution in [1.82, 2.24) is 19.7 Å². The molecule has 1 amide bonds. The van der Waals surface area contributed by atoms with E-state index in [9.17, 15) is 9.90 Å². The fourth-order valence-corrected chi connectivity index (χ4v) is 11.3. The number of benzene rings is 3. The van der Waals surface area contributed by atoms with E-state index in [2.05, 4.69) is 104 Å². The largest absolute Gasteiger partial charge is 0.496 e. The highest BCUT2D eigenvalue weighted by atomic mass is 28.4. The van der Waals surface area contributed by atoms with Crippen LogP contribution in [0, 0.1) is 6.92 Å². The van der Waals surface area contributed by atoms with Crippen molar-refractivity contribution < 1.29 is 23.8 Å². The number of amides is 1. The highest BCUT2D eigenvalue weighted by Gasteiger charge is 2.50. The maximum Gasteiger partial charge on any atom is 0.413 e. The minimum atomic E-state index is -2.73. The zero-order chi connectivity index (χ0) is 36.6. The zero-order valence-electron chi connectivity index (χ0n) is 30.7. The molecule has 2 heterocycles. The summed E-state index contributed by atoms with van der Waals surface area (Å²) in [6.45, 7) is 11.7. The molecule has 0 unspecified atom stereocenters. The van der Waals surface area contributed by atoms with E-state index in [4.69, 9.17) is 24.0 Å². The van der Waals surface area contributed by atoms with Gasteiger partial charge in [0.25, 0.3) is 8.32 Å². The Hall–Kier alpha value is -4.78. The van der Waals surface area contributed by atoms with Gasteiger partial charge in [-0.3, -0.25) is 10.00 Å². The zero-order valence-corrected chi connectivity index (χ0v) is 31.7. The van der Waals surface area contributed by atoms with Crippen molar-refractivity contribution in [3.63, 3.8) is 0 Å². The minimum absolute atomic E-state index is 0.0145. The van der Waals surface area contributed by atoms with Crippen molar-refractivity contribution in [3.05, 3.63) is 95.7 Å². The van der Waals surface area contributed by atoms with Crippen LogP contribution < -0.4 is 25.7 Å². The van der Waals surface area contributed by atoms with Gasteiger partial charge >= 0.3 is 6.09 Å². The number of methoxy groups -OCH3 is 2. The summed E-state index contributed by atoms with van der Waals surface area (Å²) in [5.74, 6) is 1.30. The molecule has 0 radical (unpaired) electrons. The van der Waals surface area contributed by atoms with Gasteiger partial charge in [-0.05, 0) is 46.8 Å². The Balaban J connectivity index is 1.51.